The lowest BCUT2D eigenvalue weighted by atomic mass is 10.5. The normalized spacial score (nSPS) is 23.7. The quantitative estimate of drug-likeness (QED) is 0.746. The molecule has 3 heteroatoms. The molecule has 0 unspecified atom stereocenters. The number of pyridine rings is 1. The van der Waals surface area contributed by atoms with Crippen LogP contribution in [-0.4, -0.2) is 11.5 Å². The molecular weight excluding hydrogens is 194 g/mol. The molecule has 0 amide bonds. The van der Waals surface area contributed by atoms with Gasteiger partial charge in [0.15, 0.2) is 0 Å². The molecule has 2 nitrogen and oxygen atoms in total. The van der Waals surface area contributed by atoms with E-state index in [4.69, 9.17) is 11.0 Å². The summed E-state index contributed by atoms with van der Waals surface area (Å²) in [5.41, 5.74) is 0. The van der Waals surface area contributed by atoms with Crippen LogP contribution in [0, 0.1) is 0 Å². The number of aromatic nitrogens is 1. The third-order valence-electron chi connectivity index (χ3n) is 0.687. The number of hydrogen-bond acceptors (Lipinski definition) is 2. The Balaban J connectivity index is 3.22. The molecule has 0 N–H and O–H groups in total. The van der Waals surface area contributed by atoms with E-state index in [0.717, 1.165) is 0 Å². The number of halogens is 1. The summed E-state index contributed by atoms with van der Waals surface area (Å²) in [5.74, 6) is -0.649. The number of rotatable bonds is 2. The van der Waals surface area contributed by atoms with E-state index in [-0.39, 0.29) is 10.5 Å². The highest BCUT2D eigenvalue weighted by molar-refractivity contribution is 9.10. The van der Waals surface area contributed by atoms with Gasteiger partial charge in [0.05, 0.1) is 13.4 Å². The smallest absolute Gasteiger partial charge is 0.214 e. The zero-order chi connectivity index (χ0) is 14.3. The van der Waals surface area contributed by atoms with Gasteiger partial charge in [0.1, 0.15) is 0 Å². The SMILES string of the molecule is [2H]c1nc(OC([2H])([2H])C([2H])([2H])[2H])c([2H])c(Br)c1[2H]. The van der Waals surface area contributed by atoms with Crippen LogP contribution in [0.3, 0.4) is 0 Å². The molecular formula is C7H8BrNO. The van der Waals surface area contributed by atoms with Crippen molar-refractivity contribution in [3.8, 4) is 5.88 Å². The largest absolute Gasteiger partial charge is 0.478 e. The molecule has 0 aliphatic carbocycles. The Labute approximate surface area is 79.6 Å². The molecule has 0 aromatic carbocycles. The van der Waals surface area contributed by atoms with Gasteiger partial charge < -0.3 is 4.74 Å². The second-order valence-corrected chi connectivity index (χ2v) is 2.09. The summed E-state index contributed by atoms with van der Waals surface area (Å²) in [6.07, 6.45) is -0.547. The van der Waals surface area contributed by atoms with Crippen LogP contribution in [0.15, 0.2) is 22.7 Å². The van der Waals surface area contributed by atoms with E-state index in [2.05, 4.69) is 25.7 Å². The van der Waals surface area contributed by atoms with Crippen molar-refractivity contribution in [3.05, 3.63) is 22.7 Å². The van der Waals surface area contributed by atoms with Crippen LogP contribution in [0.1, 0.15) is 17.8 Å². The lowest BCUT2D eigenvalue weighted by molar-refractivity contribution is 0.326. The molecule has 1 aromatic heterocycles. The summed E-state index contributed by atoms with van der Waals surface area (Å²) in [7, 11) is 0. The molecule has 0 saturated carbocycles. The van der Waals surface area contributed by atoms with Crippen molar-refractivity contribution in [3.63, 3.8) is 0 Å². The Morgan fingerprint density at radius 3 is 3.80 bits per heavy atom. The van der Waals surface area contributed by atoms with Gasteiger partial charge in [-0.1, -0.05) is 15.9 Å². The van der Waals surface area contributed by atoms with Crippen LogP contribution >= 0.6 is 15.9 Å². The van der Waals surface area contributed by atoms with E-state index in [1.54, 1.807) is 0 Å². The average Bonchev–Trinajstić information content (AvgIpc) is 2.21. The van der Waals surface area contributed by atoms with Crippen molar-refractivity contribution < 1.29 is 15.7 Å². The first kappa shape index (κ1) is 2.21. The average molecular weight is 210 g/mol. The first-order chi connectivity index (χ1) is 7.97. The van der Waals surface area contributed by atoms with E-state index in [9.17, 15) is 0 Å². The highest BCUT2D eigenvalue weighted by Gasteiger charge is 1.91. The molecule has 0 fully saturated rings. The number of ether oxygens (including phenoxy) is 1. The predicted molar refractivity (Wildman–Crippen MR) is 43.1 cm³/mol. The van der Waals surface area contributed by atoms with E-state index in [1.165, 1.54) is 0 Å². The highest BCUT2D eigenvalue weighted by atomic mass is 79.9. The summed E-state index contributed by atoms with van der Waals surface area (Å²) >= 11 is 2.86. The minimum atomic E-state index is -3.06. The summed E-state index contributed by atoms with van der Waals surface area (Å²) in [6, 6.07) is -0.842. The van der Waals surface area contributed by atoms with Crippen LogP contribution in [-0.2, 0) is 0 Å². The van der Waals surface area contributed by atoms with Gasteiger partial charge in [0.2, 0.25) is 5.88 Å². The summed E-state index contributed by atoms with van der Waals surface area (Å²) in [4.78, 5) is 3.38. The van der Waals surface area contributed by atoms with Crippen LogP contribution in [0.5, 0.6) is 5.88 Å². The van der Waals surface area contributed by atoms with Crippen LogP contribution in [0.2, 0.25) is 0 Å². The first-order valence-corrected chi connectivity index (χ1v) is 3.09. The molecule has 54 valence electrons. The van der Waals surface area contributed by atoms with E-state index < -0.39 is 31.5 Å². The fourth-order valence-corrected chi connectivity index (χ4v) is 0.636. The first-order valence-electron chi connectivity index (χ1n) is 6.29. The lowest BCUT2D eigenvalue weighted by Gasteiger charge is -1.99. The summed E-state index contributed by atoms with van der Waals surface area (Å²) in [6.45, 7) is -6.10. The van der Waals surface area contributed by atoms with Gasteiger partial charge >= 0.3 is 0 Å². The zero-order valence-corrected chi connectivity index (χ0v) is 6.32. The van der Waals surface area contributed by atoms with Gasteiger partial charge in [-0.05, 0) is 12.9 Å². The van der Waals surface area contributed by atoms with Gasteiger partial charge in [-0.25, -0.2) is 4.98 Å². The van der Waals surface area contributed by atoms with Gasteiger partial charge in [-0.15, -0.1) is 0 Å². The van der Waals surface area contributed by atoms with Crippen LogP contribution in [0.4, 0.5) is 0 Å². The van der Waals surface area contributed by atoms with Gasteiger partial charge in [-0.3, -0.25) is 0 Å². The van der Waals surface area contributed by atoms with Crippen molar-refractivity contribution in [2.75, 3.05) is 6.56 Å². The lowest BCUT2D eigenvalue weighted by Crippen LogP contribution is -1.92. The molecule has 1 rings (SSSR count). The summed E-state index contributed by atoms with van der Waals surface area (Å²) < 4.78 is 62.0. The van der Waals surface area contributed by atoms with Gasteiger partial charge in [0, 0.05) is 20.8 Å². The maximum Gasteiger partial charge on any atom is 0.214 e. The molecule has 0 atom stereocenters. The van der Waals surface area contributed by atoms with E-state index in [0.29, 0.717) is 0 Å². The number of nitrogens with zero attached hydrogens (tertiary/aromatic N) is 1. The minimum absolute atomic E-state index is 0.112. The maximum atomic E-state index is 7.53. The second-order valence-electron chi connectivity index (χ2n) is 1.30. The second kappa shape index (κ2) is 3.56. The minimum Gasteiger partial charge on any atom is -0.478 e. The van der Waals surface area contributed by atoms with Crippen LogP contribution in [0.25, 0.3) is 0 Å². The third kappa shape index (κ3) is 1.99. The Morgan fingerprint density at radius 1 is 2.10 bits per heavy atom. The zero-order valence-electron chi connectivity index (χ0n) is 12.7. The van der Waals surface area contributed by atoms with Crippen molar-refractivity contribution in [2.45, 2.75) is 6.85 Å². The molecule has 0 saturated heterocycles. The molecule has 0 radical (unpaired) electrons. The molecule has 1 heterocycles. The predicted octanol–water partition coefficient (Wildman–Crippen LogP) is 2.24. The van der Waals surface area contributed by atoms with E-state index >= 15 is 0 Å². The third-order valence-corrected chi connectivity index (χ3v) is 1.08. The van der Waals surface area contributed by atoms with E-state index in [1.807, 2.05) is 0 Å². The summed E-state index contributed by atoms with van der Waals surface area (Å²) in [5, 5.41) is 0. The molecule has 10 heavy (non-hydrogen) atoms. The number of hydrogen-bond donors (Lipinski definition) is 0. The Bertz CT molecular complexity index is 473. The Hall–Kier alpha value is -0.570. The van der Waals surface area contributed by atoms with Gasteiger partial charge in [-0.2, -0.15) is 0 Å². The fourth-order valence-electron chi connectivity index (χ4n) is 0.378. The maximum absolute atomic E-state index is 7.53. The molecule has 1 aromatic rings. The fraction of sp³-hybridized carbons (Fsp3) is 0.286. The Morgan fingerprint density at radius 2 is 3.00 bits per heavy atom. The molecule has 0 aliphatic rings. The standard InChI is InChI=1S/C7H8BrNO/c1-2-10-7-5-6(8)3-4-9-7/h3-5H,2H2,1H3/i1D3,2D2,3D,4D,5D. The molecule has 0 aliphatic heterocycles. The van der Waals surface area contributed by atoms with Crippen molar-refractivity contribution in [1.29, 1.82) is 0 Å². The molecule has 0 bridgehead atoms. The van der Waals surface area contributed by atoms with Crippen molar-refractivity contribution in [2.24, 2.45) is 0 Å². The van der Waals surface area contributed by atoms with Crippen molar-refractivity contribution >= 4 is 15.9 Å². The molecule has 0 spiro atoms. The Kier molecular flexibility index (Phi) is 0.786. The highest BCUT2D eigenvalue weighted by Crippen LogP contribution is 2.13. The monoisotopic (exact) mass is 209 g/mol. The topological polar surface area (TPSA) is 22.1 Å². The van der Waals surface area contributed by atoms with Crippen molar-refractivity contribution in [1.82, 2.24) is 4.98 Å². The van der Waals surface area contributed by atoms with Gasteiger partial charge in [0.25, 0.3) is 0 Å². The van der Waals surface area contributed by atoms with Crippen LogP contribution < -0.4 is 4.74 Å².